The zero-order valence-electron chi connectivity index (χ0n) is 6.71. The Bertz CT molecular complexity index is 267. The topological polar surface area (TPSA) is 43.4 Å². The van der Waals surface area contributed by atoms with Crippen LogP contribution in [-0.4, -0.2) is 17.9 Å². The van der Waals surface area contributed by atoms with Gasteiger partial charge in [0.15, 0.2) is 0 Å². The molecule has 0 radical (unpaired) electrons. The van der Waals surface area contributed by atoms with E-state index in [2.05, 4.69) is 6.58 Å². The van der Waals surface area contributed by atoms with Gasteiger partial charge < -0.3 is 4.74 Å². The van der Waals surface area contributed by atoms with Gasteiger partial charge in [-0.3, -0.25) is 4.79 Å². The Morgan fingerprint density at radius 2 is 2.17 bits per heavy atom. The van der Waals surface area contributed by atoms with E-state index in [1.807, 2.05) is 0 Å². The molecule has 1 aliphatic heterocycles. The summed E-state index contributed by atoms with van der Waals surface area (Å²) in [5.74, 6) is -0.130. The SMILES string of the molecule is C=C1C(=O)O[C@@H]2CCC(=O)CC12. The molecule has 1 saturated heterocycles. The first-order valence-corrected chi connectivity index (χ1v) is 4.10. The molecule has 0 amide bonds. The van der Waals surface area contributed by atoms with Gasteiger partial charge >= 0.3 is 5.97 Å². The van der Waals surface area contributed by atoms with Crippen molar-refractivity contribution in [2.75, 3.05) is 0 Å². The van der Waals surface area contributed by atoms with Crippen LogP contribution in [-0.2, 0) is 14.3 Å². The van der Waals surface area contributed by atoms with E-state index in [0.29, 0.717) is 24.8 Å². The van der Waals surface area contributed by atoms with E-state index >= 15 is 0 Å². The summed E-state index contributed by atoms with van der Waals surface area (Å²) in [5, 5.41) is 0. The van der Waals surface area contributed by atoms with Crippen LogP contribution in [0.4, 0.5) is 0 Å². The summed E-state index contributed by atoms with van der Waals surface area (Å²) >= 11 is 0. The van der Waals surface area contributed by atoms with E-state index in [1.54, 1.807) is 0 Å². The van der Waals surface area contributed by atoms with Gasteiger partial charge in [-0.25, -0.2) is 4.79 Å². The predicted octanol–water partition coefficient (Wildman–Crippen LogP) is 0.837. The molecule has 64 valence electrons. The lowest BCUT2D eigenvalue weighted by atomic mass is 9.83. The number of carbonyl (C=O) groups excluding carboxylic acids is 2. The molecule has 2 fully saturated rings. The molecule has 0 bridgehead atoms. The fraction of sp³-hybridized carbons (Fsp3) is 0.556. The molecule has 0 aromatic carbocycles. The lowest BCUT2D eigenvalue weighted by Crippen LogP contribution is -2.26. The molecular formula is C9H10O3. The predicted molar refractivity (Wildman–Crippen MR) is 41.4 cm³/mol. The van der Waals surface area contributed by atoms with E-state index in [9.17, 15) is 9.59 Å². The molecule has 0 aromatic heterocycles. The summed E-state index contributed by atoms with van der Waals surface area (Å²) in [6.45, 7) is 3.63. The zero-order chi connectivity index (χ0) is 8.72. The van der Waals surface area contributed by atoms with Gasteiger partial charge in [-0.2, -0.15) is 0 Å². The molecule has 2 rings (SSSR count). The molecule has 1 aliphatic carbocycles. The number of carbonyl (C=O) groups is 2. The smallest absolute Gasteiger partial charge is 0.334 e. The first-order chi connectivity index (χ1) is 5.68. The second-order valence-corrected chi connectivity index (χ2v) is 3.36. The van der Waals surface area contributed by atoms with Crippen LogP contribution in [0.5, 0.6) is 0 Å². The third-order valence-corrected chi connectivity index (χ3v) is 2.57. The lowest BCUT2D eigenvalue weighted by Gasteiger charge is -2.21. The van der Waals surface area contributed by atoms with Gasteiger partial charge in [-0.15, -0.1) is 0 Å². The largest absolute Gasteiger partial charge is 0.458 e. The number of rotatable bonds is 0. The molecule has 1 unspecified atom stereocenters. The van der Waals surface area contributed by atoms with Crippen LogP contribution in [0.3, 0.4) is 0 Å². The standard InChI is InChI=1S/C9H10O3/c1-5-7-4-6(10)2-3-8(7)12-9(5)11/h7-8H,1-4H2/t7?,8-/m1/s1. The van der Waals surface area contributed by atoms with Crippen molar-refractivity contribution in [1.29, 1.82) is 0 Å². The van der Waals surface area contributed by atoms with Crippen molar-refractivity contribution in [1.82, 2.24) is 0 Å². The van der Waals surface area contributed by atoms with Crippen LogP contribution in [0, 0.1) is 5.92 Å². The molecule has 0 N–H and O–H groups in total. The summed E-state index contributed by atoms with van der Waals surface area (Å²) in [4.78, 5) is 22.1. The molecule has 2 aliphatic rings. The number of hydrogen-bond donors (Lipinski definition) is 0. The summed E-state index contributed by atoms with van der Waals surface area (Å²) in [6.07, 6.45) is 1.59. The third-order valence-electron chi connectivity index (χ3n) is 2.57. The van der Waals surface area contributed by atoms with Gasteiger partial charge in [0.1, 0.15) is 11.9 Å². The zero-order valence-corrected chi connectivity index (χ0v) is 6.71. The van der Waals surface area contributed by atoms with Crippen molar-refractivity contribution in [3.05, 3.63) is 12.2 Å². The van der Waals surface area contributed by atoms with Gasteiger partial charge in [0.05, 0.1) is 0 Å². The number of ether oxygens (including phenoxy) is 1. The third kappa shape index (κ3) is 0.967. The molecule has 3 nitrogen and oxygen atoms in total. The number of Topliss-reactive ketones (excluding diaryl/α,β-unsaturated/α-hetero) is 1. The number of hydrogen-bond acceptors (Lipinski definition) is 3. The monoisotopic (exact) mass is 166 g/mol. The maximum absolute atomic E-state index is 11.0. The maximum Gasteiger partial charge on any atom is 0.334 e. The number of esters is 1. The van der Waals surface area contributed by atoms with Gasteiger partial charge in [0, 0.05) is 24.3 Å². The number of fused-ring (bicyclic) bond motifs is 1. The van der Waals surface area contributed by atoms with Crippen LogP contribution >= 0.6 is 0 Å². The molecule has 12 heavy (non-hydrogen) atoms. The average Bonchev–Trinajstić information content (AvgIpc) is 2.31. The lowest BCUT2D eigenvalue weighted by molar-refractivity contribution is -0.141. The summed E-state index contributed by atoms with van der Waals surface area (Å²) in [7, 11) is 0. The number of ketones is 1. The van der Waals surface area contributed by atoms with E-state index in [1.165, 1.54) is 0 Å². The molecule has 3 heteroatoms. The fourth-order valence-electron chi connectivity index (χ4n) is 1.84. The summed E-state index contributed by atoms with van der Waals surface area (Å²) in [5.41, 5.74) is 0.480. The Labute approximate surface area is 70.4 Å². The van der Waals surface area contributed by atoms with E-state index < -0.39 is 0 Å². The van der Waals surface area contributed by atoms with Gasteiger partial charge in [-0.1, -0.05) is 6.58 Å². The van der Waals surface area contributed by atoms with E-state index in [-0.39, 0.29) is 23.8 Å². The Kier molecular flexibility index (Phi) is 1.53. The summed E-state index contributed by atoms with van der Waals surface area (Å²) in [6, 6.07) is 0. The van der Waals surface area contributed by atoms with Crippen molar-refractivity contribution in [2.24, 2.45) is 5.92 Å². The Hall–Kier alpha value is -1.12. The minimum Gasteiger partial charge on any atom is -0.458 e. The maximum atomic E-state index is 11.0. The van der Waals surface area contributed by atoms with Crippen LogP contribution in [0.1, 0.15) is 19.3 Å². The normalized spacial score (nSPS) is 34.8. The van der Waals surface area contributed by atoms with Crippen molar-refractivity contribution in [3.63, 3.8) is 0 Å². The first kappa shape index (κ1) is 7.53. The molecule has 0 aromatic rings. The molecule has 1 saturated carbocycles. The van der Waals surface area contributed by atoms with Crippen molar-refractivity contribution < 1.29 is 14.3 Å². The van der Waals surface area contributed by atoms with Crippen LogP contribution in [0.2, 0.25) is 0 Å². The minimum absolute atomic E-state index is 0.0289. The molecule has 1 heterocycles. The highest BCUT2D eigenvalue weighted by Gasteiger charge is 2.42. The minimum atomic E-state index is -0.320. The Morgan fingerprint density at radius 1 is 1.42 bits per heavy atom. The van der Waals surface area contributed by atoms with Crippen LogP contribution < -0.4 is 0 Å². The summed E-state index contributed by atoms with van der Waals surface area (Å²) < 4.78 is 5.04. The molecular weight excluding hydrogens is 156 g/mol. The highest BCUT2D eigenvalue weighted by molar-refractivity contribution is 5.93. The average molecular weight is 166 g/mol. The Balaban J connectivity index is 2.21. The van der Waals surface area contributed by atoms with Crippen LogP contribution in [0.15, 0.2) is 12.2 Å². The van der Waals surface area contributed by atoms with Crippen molar-refractivity contribution in [3.8, 4) is 0 Å². The fourth-order valence-corrected chi connectivity index (χ4v) is 1.84. The van der Waals surface area contributed by atoms with Gasteiger partial charge in [0.25, 0.3) is 0 Å². The van der Waals surface area contributed by atoms with Crippen molar-refractivity contribution in [2.45, 2.75) is 25.4 Å². The second-order valence-electron chi connectivity index (χ2n) is 3.36. The van der Waals surface area contributed by atoms with Crippen molar-refractivity contribution >= 4 is 11.8 Å². The highest BCUT2D eigenvalue weighted by atomic mass is 16.6. The quantitative estimate of drug-likeness (QED) is 0.395. The Morgan fingerprint density at radius 3 is 2.92 bits per heavy atom. The second kappa shape index (κ2) is 2.44. The first-order valence-electron chi connectivity index (χ1n) is 4.10. The van der Waals surface area contributed by atoms with Gasteiger partial charge in [0.2, 0.25) is 0 Å². The molecule has 2 atom stereocenters. The van der Waals surface area contributed by atoms with Crippen LogP contribution in [0.25, 0.3) is 0 Å². The van der Waals surface area contributed by atoms with E-state index in [4.69, 9.17) is 4.74 Å². The van der Waals surface area contributed by atoms with E-state index in [0.717, 1.165) is 0 Å². The molecule has 0 spiro atoms. The van der Waals surface area contributed by atoms with Gasteiger partial charge in [-0.05, 0) is 6.42 Å². The highest BCUT2D eigenvalue weighted by Crippen LogP contribution is 2.35.